The van der Waals surface area contributed by atoms with E-state index in [0.717, 1.165) is 37.7 Å². The summed E-state index contributed by atoms with van der Waals surface area (Å²) in [5.41, 5.74) is 6.51. The van der Waals surface area contributed by atoms with Crippen LogP contribution in [0.4, 0.5) is 24.8 Å². The molecule has 1 atom stereocenters. The largest absolute Gasteiger partial charge is 0.419 e. The van der Waals surface area contributed by atoms with Gasteiger partial charge in [0.05, 0.1) is 35.1 Å². The van der Waals surface area contributed by atoms with Gasteiger partial charge < -0.3 is 16.0 Å². The monoisotopic (exact) mass is 501 g/mol. The molecule has 3 heterocycles. The number of nitrogens with one attached hydrogen (secondary N) is 1. The SMILES string of the molecule is C[C@@H](C(N)=O)c1ccccc1CCc1nc(Nc2cnn(C3CCN(C)CC3)c2)ncc1C(F)(F)F. The molecule has 4 rings (SSSR count). The molecule has 0 spiro atoms. The smallest absolute Gasteiger partial charge is 0.369 e. The first-order chi connectivity index (χ1) is 17.1. The lowest BCUT2D eigenvalue weighted by Gasteiger charge is -2.28. The van der Waals surface area contributed by atoms with Crippen LogP contribution in [0.25, 0.3) is 0 Å². The van der Waals surface area contributed by atoms with Crippen molar-refractivity contribution in [1.82, 2.24) is 24.6 Å². The molecule has 1 fully saturated rings. The summed E-state index contributed by atoms with van der Waals surface area (Å²) >= 11 is 0. The molecule has 0 aliphatic carbocycles. The Morgan fingerprint density at radius 3 is 2.61 bits per heavy atom. The van der Waals surface area contributed by atoms with Crippen LogP contribution < -0.4 is 11.1 Å². The highest BCUT2D eigenvalue weighted by Crippen LogP contribution is 2.33. The molecule has 1 aliphatic rings. The first-order valence-corrected chi connectivity index (χ1v) is 11.9. The molecule has 0 bridgehead atoms. The van der Waals surface area contributed by atoms with Gasteiger partial charge in [-0.25, -0.2) is 9.97 Å². The number of benzene rings is 1. The number of likely N-dealkylation sites (tertiary alicyclic amines) is 1. The van der Waals surface area contributed by atoms with Crippen LogP contribution >= 0.6 is 0 Å². The molecule has 8 nitrogen and oxygen atoms in total. The molecule has 1 aromatic carbocycles. The fourth-order valence-electron chi connectivity index (χ4n) is 4.49. The predicted molar refractivity (Wildman–Crippen MR) is 130 cm³/mol. The summed E-state index contributed by atoms with van der Waals surface area (Å²) in [4.78, 5) is 22.1. The summed E-state index contributed by atoms with van der Waals surface area (Å²) in [7, 11) is 2.09. The molecule has 3 aromatic rings. The lowest BCUT2D eigenvalue weighted by molar-refractivity contribution is -0.138. The number of primary amides is 1. The number of rotatable bonds is 8. The molecular weight excluding hydrogens is 471 g/mol. The predicted octanol–water partition coefficient (Wildman–Crippen LogP) is 4.08. The van der Waals surface area contributed by atoms with E-state index >= 15 is 0 Å². The van der Waals surface area contributed by atoms with Crippen LogP contribution in [-0.4, -0.2) is 50.7 Å². The number of hydrogen-bond acceptors (Lipinski definition) is 6. The third-order valence-electron chi connectivity index (χ3n) is 6.67. The van der Waals surface area contributed by atoms with Crippen molar-refractivity contribution in [2.24, 2.45) is 5.73 Å². The fraction of sp³-hybridized carbons (Fsp3) is 0.440. The van der Waals surface area contributed by atoms with E-state index in [1.807, 2.05) is 10.9 Å². The van der Waals surface area contributed by atoms with Gasteiger partial charge in [0.15, 0.2) is 0 Å². The van der Waals surface area contributed by atoms with Gasteiger partial charge in [0.2, 0.25) is 11.9 Å². The van der Waals surface area contributed by atoms with Crippen LogP contribution in [-0.2, 0) is 23.8 Å². The van der Waals surface area contributed by atoms with Crippen LogP contribution in [0.5, 0.6) is 0 Å². The lowest BCUT2D eigenvalue weighted by atomic mass is 9.92. The molecular formula is C25H30F3N7O. The van der Waals surface area contributed by atoms with Gasteiger partial charge in [-0.3, -0.25) is 9.48 Å². The zero-order valence-electron chi connectivity index (χ0n) is 20.3. The number of carbonyl (C=O) groups excluding carboxylic acids is 1. The fourth-order valence-corrected chi connectivity index (χ4v) is 4.49. The molecule has 1 amide bonds. The van der Waals surface area contributed by atoms with Crippen molar-refractivity contribution in [3.63, 3.8) is 0 Å². The van der Waals surface area contributed by atoms with Crippen molar-refractivity contribution in [1.29, 1.82) is 0 Å². The van der Waals surface area contributed by atoms with Gasteiger partial charge in [-0.2, -0.15) is 18.3 Å². The molecule has 3 N–H and O–H groups in total. The molecule has 11 heteroatoms. The molecule has 1 saturated heterocycles. The van der Waals surface area contributed by atoms with Crippen molar-refractivity contribution < 1.29 is 18.0 Å². The molecule has 192 valence electrons. The molecule has 0 radical (unpaired) electrons. The quantitative estimate of drug-likeness (QED) is 0.482. The minimum atomic E-state index is -4.59. The Morgan fingerprint density at radius 1 is 1.19 bits per heavy atom. The maximum absolute atomic E-state index is 13.7. The maximum atomic E-state index is 13.7. The molecule has 36 heavy (non-hydrogen) atoms. The number of aromatic nitrogens is 4. The van der Waals surface area contributed by atoms with Crippen LogP contribution in [0, 0.1) is 0 Å². The van der Waals surface area contributed by atoms with Crippen LogP contribution in [0.15, 0.2) is 42.9 Å². The van der Waals surface area contributed by atoms with Crippen molar-refractivity contribution in [2.45, 2.75) is 50.7 Å². The third kappa shape index (κ3) is 6.01. The Kier molecular flexibility index (Phi) is 7.58. The second-order valence-electron chi connectivity index (χ2n) is 9.24. The standard InChI is InChI=1S/C25H30F3N7O/c1-16(23(29)36)20-6-4-3-5-17(20)7-8-22-21(25(26,27)28)14-30-24(33-22)32-18-13-31-35(15-18)19-9-11-34(2)12-10-19/h3-6,13-16,19H,7-12H2,1-2H3,(H2,29,36)(H,30,32,33)/t16-/m1/s1. The number of halogens is 3. The number of anilines is 2. The van der Waals surface area contributed by atoms with Gasteiger partial charge in [0.1, 0.15) is 0 Å². The first kappa shape index (κ1) is 25.6. The number of carbonyl (C=O) groups is 1. The number of nitrogens with zero attached hydrogens (tertiary/aromatic N) is 5. The molecule has 0 unspecified atom stereocenters. The Balaban J connectivity index is 1.53. The highest BCUT2D eigenvalue weighted by molar-refractivity contribution is 5.81. The van der Waals surface area contributed by atoms with Gasteiger partial charge in [0.25, 0.3) is 0 Å². The third-order valence-corrected chi connectivity index (χ3v) is 6.67. The maximum Gasteiger partial charge on any atom is 0.419 e. The van der Waals surface area contributed by atoms with Crippen molar-refractivity contribution in [3.8, 4) is 0 Å². The zero-order chi connectivity index (χ0) is 25.9. The Morgan fingerprint density at radius 2 is 1.92 bits per heavy atom. The van der Waals surface area contributed by atoms with Gasteiger partial charge in [-0.05, 0) is 63.9 Å². The number of alkyl halides is 3. The summed E-state index contributed by atoms with van der Waals surface area (Å²) in [6, 6.07) is 7.40. The second kappa shape index (κ2) is 10.7. The van der Waals surface area contributed by atoms with Crippen LogP contribution in [0.3, 0.4) is 0 Å². The van der Waals surface area contributed by atoms with E-state index in [9.17, 15) is 18.0 Å². The summed E-state index contributed by atoms with van der Waals surface area (Å²) in [6.45, 7) is 3.65. The number of amides is 1. The second-order valence-corrected chi connectivity index (χ2v) is 9.24. The van der Waals surface area contributed by atoms with E-state index < -0.39 is 23.6 Å². The van der Waals surface area contributed by atoms with E-state index in [2.05, 4.69) is 32.3 Å². The number of nitrogens with two attached hydrogens (primary N) is 1. The van der Waals surface area contributed by atoms with E-state index in [4.69, 9.17) is 5.73 Å². The van der Waals surface area contributed by atoms with Crippen LogP contribution in [0.1, 0.15) is 54.1 Å². The van der Waals surface area contributed by atoms with Gasteiger partial charge >= 0.3 is 6.18 Å². The van der Waals surface area contributed by atoms with Crippen molar-refractivity contribution in [2.75, 3.05) is 25.5 Å². The highest BCUT2D eigenvalue weighted by atomic mass is 19.4. The van der Waals surface area contributed by atoms with Crippen molar-refractivity contribution in [3.05, 3.63) is 65.2 Å². The topological polar surface area (TPSA) is 102 Å². The summed E-state index contributed by atoms with van der Waals surface area (Å²) in [5, 5.41) is 7.41. The lowest BCUT2D eigenvalue weighted by Crippen LogP contribution is -2.31. The number of aryl methyl sites for hydroxylation is 2. The Bertz CT molecular complexity index is 1200. The van der Waals surface area contributed by atoms with Gasteiger partial charge in [0, 0.05) is 12.4 Å². The average Bonchev–Trinajstić information content (AvgIpc) is 3.30. The summed E-state index contributed by atoms with van der Waals surface area (Å²) in [5.74, 6) is -0.973. The van der Waals surface area contributed by atoms with E-state index in [-0.39, 0.29) is 30.5 Å². The average molecular weight is 502 g/mol. The Hall–Kier alpha value is -3.47. The van der Waals surface area contributed by atoms with Gasteiger partial charge in [-0.15, -0.1) is 0 Å². The normalized spacial score (nSPS) is 16.1. The van der Waals surface area contributed by atoms with Gasteiger partial charge in [-0.1, -0.05) is 24.3 Å². The van der Waals surface area contributed by atoms with E-state index in [0.29, 0.717) is 11.3 Å². The number of hydrogen-bond donors (Lipinski definition) is 2. The summed E-state index contributed by atoms with van der Waals surface area (Å²) < 4.78 is 43.0. The molecule has 0 saturated carbocycles. The van der Waals surface area contributed by atoms with Crippen LogP contribution in [0.2, 0.25) is 0 Å². The van der Waals surface area contributed by atoms with E-state index in [1.54, 1.807) is 37.4 Å². The molecule has 1 aliphatic heterocycles. The zero-order valence-corrected chi connectivity index (χ0v) is 20.3. The Labute approximate surface area is 207 Å². The number of piperidine rings is 1. The van der Waals surface area contributed by atoms with E-state index in [1.165, 1.54) is 0 Å². The molecule has 2 aromatic heterocycles. The van der Waals surface area contributed by atoms with Crippen molar-refractivity contribution >= 4 is 17.5 Å². The minimum Gasteiger partial charge on any atom is -0.369 e. The first-order valence-electron chi connectivity index (χ1n) is 11.9. The minimum absolute atomic E-state index is 0.0173. The highest BCUT2D eigenvalue weighted by Gasteiger charge is 2.35. The summed E-state index contributed by atoms with van der Waals surface area (Å²) in [6.07, 6.45) is 1.92.